The van der Waals surface area contributed by atoms with Gasteiger partial charge in [-0.25, -0.2) is 4.79 Å². The molecule has 2 rings (SSSR count). The van der Waals surface area contributed by atoms with Crippen molar-refractivity contribution in [2.75, 3.05) is 12.8 Å². The van der Waals surface area contributed by atoms with Gasteiger partial charge in [-0.15, -0.1) is 0 Å². The smallest absolute Gasteiger partial charge is 0.334 e. The SMILES string of the molecule is CP(=O)(O)CCC(NC(=O)c1ccccc1)C(=O)Oc1ccccc1. The van der Waals surface area contributed by atoms with E-state index in [1.54, 1.807) is 60.7 Å². The van der Waals surface area contributed by atoms with Crippen LogP contribution in [0.2, 0.25) is 0 Å². The van der Waals surface area contributed by atoms with Crippen molar-refractivity contribution in [1.29, 1.82) is 0 Å². The molecule has 2 aromatic rings. The molecule has 0 aliphatic carbocycles. The van der Waals surface area contributed by atoms with Gasteiger partial charge in [0, 0.05) is 18.4 Å². The van der Waals surface area contributed by atoms with Crippen molar-refractivity contribution >= 4 is 19.2 Å². The first kappa shape index (κ1) is 18.9. The van der Waals surface area contributed by atoms with E-state index in [9.17, 15) is 19.0 Å². The highest BCUT2D eigenvalue weighted by Gasteiger charge is 2.26. The summed E-state index contributed by atoms with van der Waals surface area (Å²) in [4.78, 5) is 34.2. The summed E-state index contributed by atoms with van der Waals surface area (Å²) in [6.07, 6.45) is -0.0921. The van der Waals surface area contributed by atoms with Crippen LogP contribution in [0.25, 0.3) is 0 Å². The molecule has 0 aliphatic heterocycles. The summed E-state index contributed by atoms with van der Waals surface area (Å²) in [6.45, 7) is 1.21. The van der Waals surface area contributed by atoms with Gasteiger partial charge in [-0.1, -0.05) is 36.4 Å². The summed E-state index contributed by atoms with van der Waals surface area (Å²) in [5, 5.41) is 2.58. The third-order valence-electron chi connectivity index (χ3n) is 3.42. The highest BCUT2D eigenvalue weighted by Crippen LogP contribution is 2.36. The number of rotatable bonds is 7. The third-order valence-corrected chi connectivity index (χ3v) is 4.51. The van der Waals surface area contributed by atoms with Gasteiger partial charge in [0.15, 0.2) is 7.37 Å². The van der Waals surface area contributed by atoms with Crippen LogP contribution in [0.5, 0.6) is 5.75 Å². The normalized spacial score (nSPS) is 14.2. The Kier molecular flexibility index (Phi) is 6.51. The van der Waals surface area contributed by atoms with E-state index in [4.69, 9.17) is 4.74 Å². The fraction of sp³-hybridized carbons (Fsp3) is 0.222. The van der Waals surface area contributed by atoms with Crippen molar-refractivity contribution in [2.24, 2.45) is 0 Å². The lowest BCUT2D eigenvalue weighted by Gasteiger charge is -2.18. The lowest BCUT2D eigenvalue weighted by atomic mass is 10.1. The lowest BCUT2D eigenvalue weighted by molar-refractivity contribution is -0.136. The Bertz CT molecular complexity index is 758. The standard InChI is InChI=1S/C18H20NO5P/c1-25(22,23)13-12-16(18(21)24-15-10-6-3-7-11-15)19-17(20)14-8-4-2-5-9-14/h2-11,16H,12-13H2,1H3,(H,19,20)(H,22,23). The second kappa shape index (κ2) is 8.60. The van der Waals surface area contributed by atoms with Crippen molar-refractivity contribution in [1.82, 2.24) is 5.32 Å². The molecule has 1 amide bonds. The van der Waals surface area contributed by atoms with Crippen LogP contribution in [0.4, 0.5) is 0 Å². The van der Waals surface area contributed by atoms with Gasteiger partial charge in [0.05, 0.1) is 0 Å². The fourth-order valence-electron chi connectivity index (χ4n) is 2.12. The van der Waals surface area contributed by atoms with Crippen LogP contribution in [0, 0.1) is 0 Å². The minimum Gasteiger partial charge on any atom is -0.425 e. The maximum absolute atomic E-state index is 12.4. The Balaban J connectivity index is 2.10. The molecule has 0 fully saturated rings. The molecule has 0 aromatic heterocycles. The number of ether oxygens (including phenoxy) is 1. The lowest BCUT2D eigenvalue weighted by Crippen LogP contribution is -2.43. The molecule has 6 nitrogen and oxygen atoms in total. The van der Waals surface area contributed by atoms with E-state index in [1.165, 1.54) is 6.66 Å². The molecular weight excluding hydrogens is 341 g/mol. The number of carbonyl (C=O) groups is 2. The molecule has 7 heteroatoms. The minimum atomic E-state index is -3.32. The van der Waals surface area contributed by atoms with Gasteiger partial charge in [-0.3, -0.25) is 9.36 Å². The number of esters is 1. The molecule has 2 N–H and O–H groups in total. The second-order valence-electron chi connectivity index (χ2n) is 5.69. The zero-order chi connectivity index (χ0) is 18.3. The third kappa shape index (κ3) is 6.53. The molecule has 0 radical (unpaired) electrons. The molecule has 2 atom stereocenters. The highest BCUT2D eigenvalue weighted by atomic mass is 31.2. The van der Waals surface area contributed by atoms with Crippen LogP contribution in [-0.4, -0.2) is 35.6 Å². The summed E-state index contributed by atoms with van der Waals surface area (Å²) >= 11 is 0. The molecule has 0 heterocycles. The van der Waals surface area contributed by atoms with Crippen molar-refractivity contribution in [3.63, 3.8) is 0 Å². The molecule has 132 valence electrons. The quantitative estimate of drug-likeness (QED) is 0.449. The topological polar surface area (TPSA) is 92.7 Å². The van der Waals surface area contributed by atoms with Gasteiger partial charge >= 0.3 is 5.97 Å². The summed E-state index contributed by atoms with van der Waals surface area (Å²) in [5.74, 6) is -0.779. The largest absolute Gasteiger partial charge is 0.425 e. The number of para-hydroxylation sites is 1. The Morgan fingerprint density at radius 3 is 2.20 bits per heavy atom. The predicted octanol–water partition coefficient (Wildman–Crippen LogP) is 2.68. The van der Waals surface area contributed by atoms with E-state index in [0.717, 1.165) is 0 Å². The Morgan fingerprint density at radius 2 is 1.64 bits per heavy atom. The van der Waals surface area contributed by atoms with Crippen LogP contribution in [-0.2, 0) is 9.36 Å². The van der Waals surface area contributed by atoms with E-state index < -0.39 is 25.3 Å². The number of carbonyl (C=O) groups excluding carboxylic acids is 2. The fourth-order valence-corrected chi connectivity index (χ4v) is 2.86. The zero-order valence-corrected chi connectivity index (χ0v) is 14.7. The molecule has 2 unspecified atom stereocenters. The average molecular weight is 361 g/mol. The molecule has 2 aromatic carbocycles. The number of amides is 1. The molecule has 0 aliphatic rings. The van der Waals surface area contributed by atoms with Gasteiger partial charge < -0.3 is 14.9 Å². The molecule has 0 spiro atoms. The predicted molar refractivity (Wildman–Crippen MR) is 95.0 cm³/mol. The Labute approximate surface area is 146 Å². The number of nitrogens with one attached hydrogen (secondary N) is 1. The molecular formula is C18H20NO5P. The van der Waals surface area contributed by atoms with Crippen LogP contribution in [0.3, 0.4) is 0 Å². The van der Waals surface area contributed by atoms with Crippen LogP contribution in [0.1, 0.15) is 16.8 Å². The summed E-state index contributed by atoms with van der Waals surface area (Å²) < 4.78 is 16.8. The van der Waals surface area contributed by atoms with Gasteiger partial charge in [-0.05, 0) is 30.7 Å². The van der Waals surface area contributed by atoms with Crippen molar-refractivity contribution in [3.8, 4) is 5.75 Å². The summed E-state index contributed by atoms with van der Waals surface area (Å²) in [7, 11) is -3.32. The minimum absolute atomic E-state index is 0.00845. The first-order chi connectivity index (χ1) is 11.8. The first-order valence-electron chi connectivity index (χ1n) is 7.77. The van der Waals surface area contributed by atoms with Crippen molar-refractivity contribution in [2.45, 2.75) is 12.5 Å². The van der Waals surface area contributed by atoms with E-state index in [2.05, 4.69) is 5.32 Å². The van der Waals surface area contributed by atoms with Crippen molar-refractivity contribution < 1.29 is 23.8 Å². The molecule has 0 saturated heterocycles. The van der Waals surface area contributed by atoms with E-state index >= 15 is 0 Å². The van der Waals surface area contributed by atoms with Gasteiger partial charge in [-0.2, -0.15) is 0 Å². The number of hydrogen-bond donors (Lipinski definition) is 2. The maximum Gasteiger partial charge on any atom is 0.334 e. The van der Waals surface area contributed by atoms with Gasteiger partial charge in [0.2, 0.25) is 0 Å². The monoisotopic (exact) mass is 361 g/mol. The van der Waals surface area contributed by atoms with Crippen LogP contribution < -0.4 is 10.1 Å². The molecule has 0 saturated carbocycles. The number of hydrogen-bond acceptors (Lipinski definition) is 4. The van der Waals surface area contributed by atoms with Crippen molar-refractivity contribution in [3.05, 3.63) is 66.2 Å². The van der Waals surface area contributed by atoms with Crippen LogP contribution >= 0.6 is 7.37 Å². The second-order valence-corrected chi connectivity index (χ2v) is 8.24. The maximum atomic E-state index is 12.4. The average Bonchev–Trinajstić information content (AvgIpc) is 2.59. The van der Waals surface area contributed by atoms with Gasteiger partial charge in [0.25, 0.3) is 5.91 Å². The zero-order valence-electron chi connectivity index (χ0n) is 13.8. The molecule has 25 heavy (non-hydrogen) atoms. The summed E-state index contributed by atoms with van der Waals surface area (Å²) in [5.41, 5.74) is 0.392. The Morgan fingerprint density at radius 1 is 1.08 bits per heavy atom. The Hall–Kier alpha value is -2.43. The summed E-state index contributed by atoms with van der Waals surface area (Å²) in [6, 6.07) is 15.9. The highest BCUT2D eigenvalue weighted by molar-refractivity contribution is 7.57. The van der Waals surface area contributed by atoms with E-state index in [1.807, 2.05) is 0 Å². The number of benzene rings is 2. The van der Waals surface area contributed by atoms with Crippen LogP contribution in [0.15, 0.2) is 60.7 Å². The first-order valence-corrected chi connectivity index (χ1v) is 10.1. The van der Waals surface area contributed by atoms with Gasteiger partial charge in [0.1, 0.15) is 11.8 Å². The molecule has 0 bridgehead atoms. The van der Waals surface area contributed by atoms with E-state index in [-0.39, 0.29) is 12.6 Å². The van der Waals surface area contributed by atoms with E-state index in [0.29, 0.717) is 11.3 Å².